The van der Waals surface area contributed by atoms with Crippen molar-refractivity contribution in [2.45, 2.75) is 76.9 Å². The van der Waals surface area contributed by atoms with Crippen LogP contribution in [0, 0.1) is 23.2 Å². The summed E-state index contributed by atoms with van der Waals surface area (Å²) >= 11 is 0. The maximum atomic E-state index is 14.8. The minimum absolute atomic E-state index is 0.0815. The highest BCUT2D eigenvalue weighted by Gasteiger charge is 2.54. The summed E-state index contributed by atoms with van der Waals surface area (Å²) in [6.45, 7) is 1.55. The second-order valence-electron chi connectivity index (χ2n) is 12.5. The van der Waals surface area contributed by atoms with Crippen LogP contribution in [0.4, 0.5) is 5.69 Å². The van der Waals surface area contributed by atoms with Crippen molar-refractivity contribution in [1.29, 1.82) is 0 Å². The van der Waals surface area contributed by atoms with E-state index in [0.29, 0.717) is 35.4 Å². The van der Waals surface area contributed by atoms with Crippen LogP contribution >= 0.6 is 0 Å². The van der Waals surface area contributed by atoms with E-state index in [1.54, 1.807) is 29.2 Å². The highest BCUT2D eigenvalue weighted by molar-refractivity contribution is 6.10. The van der Waals surface area contributed by atoms with Gasteiger partial charge in [0.25, 0.3) is 0 Å². The van der Waals surface area contributed by atoms with Gasteiger partial charge in [-0.05, 0) is 85.8 Å². The van der Waals surface area contributed by atoms with Gasteiger partial charge in [0.05, 0.1) is 12.2 Å². The molecular weight excluding hydrogens is 492 g/mol. The van der Waals surface area contributed by atoms with Gasteiger partial charge in [0.1, 0.15) is 12.1 Å². The van der Waals surface area contributed by atoms with Gasteiger partial charge in [0.15, 0.2) is 5.78 Å². The molecule has 4 bridgehead atoms. The molecule has 4 fully saturated rings. The monoisotopic (exact) mass is 528 g/mol. The van der Waals surface area contributed by atoms with Gasteiger partial charge in [-0.2, -0.15) is 0 Å². The molecule has 1 N–H and O–H groups in total. The summed E-state index contributed by atoms with van der Waals surface area (Å²) in [6, 6.07) is 14.2. The van der Waals surface area contributed by atoms with Crippen molar-refractivity contribution in [3.63, 3.8) is 0 Å². The van der Waals surface area contributed by atoms with Crippen LogP contribution in [0.2, 0.25) is 0 Å². The summed E-state index contributed by atoms with van der Waals surface area (Å²) in [7, 11) is 0. The fourth-order valence-electron chi connectivity index (χ4n) is 8.67. The Morgan fingerprint density at radius 3 is 2.08 bits per heavy atom. The Morgan fingerprint density at radius 1 is 0.897 bits per heavy atom. The summed E-state index contributed by atoms with van der Waals surface area (Å²) in [5, 5.41) is 10.3. The van der Waals surface area contributed by atoms with E-state index in [-0.39, 0.29) is 30.1 Å². The molecule has 2 atom stereocenters. The number of carbonyl (C=O) groups excluding carboxylic acids is 3. The Hall–Kier alpha value is -3.48. The Bertz CT molecular complexity index is 1270. The number of ketones is 1. The fraction of sp³-hybridized carbons (Fsp3) is 0.500. The third-order valence-electron chi connectivity index (χ3n) is 9.72. The molecule has 4 aliphatic carbocycles. The quantitative estimate of drug-likeness (QED) is 0.584. The molecule has 7 rings (SSSR count). The van der Waals surface area contributed by atoms with Gasteiger partial charge in [-0.1, -0.05) is 42.5 Å². The summed E-state index contributed by atoms with van der Waals surface area (Å²) in [5.41, 5.74) is 1.60. The highest BCUT2D eigenvalue weighted by atomic mass is 16.4. The van der Waals surface area contributed by atoms with Crippen LogP contribution in [-0.4, -0.2) is 45.7 Å². The number of carboxylic acids is 1. The van der Waals surface area contributed by atoms with Crippen molar-refractivity contribution >= 4 is 29.3 Å². The van der Waals surface area contributed by atoms with E-state index in [1.807, 2.05) is 30.3 Å². The number of anilines is 1. The molecule has 0 saturated heterocycles. The number of amides is 2. The number of carbonyl (C=O) groups is 4. The molecule has 7 heteroatoms. The molecule has 0 radical (unpaired) electrons. The molecule has 39 heavy (non-hydrogen) atoms. The first kappa shape index (κ1) is 25.8. The van der Waals surface area contributed by atoms with E-state index < -0.39 is 24.0 Å². The van der Waals surface area contributed by atoms with Gasteiger partial charge >= 0.3 is 5.97 Å². The molecule has 0 aromatic heterocycles. The number of aliphatic carboxylic acids is 1. The topological polar surface area (TPSA) is 95.0 Å². The first-order valence-electron chi connectivity index (χ1n) is 14.2. The molecule has 1 aliphatic heterocycles. The van der Waals surface area contributed by atoms with Crippen LogP contribution in [0.25, 0.3) is 0 Å². The average molecular weight is 529 g/mol. The SMILES string of the molecule is CC(=O)N1C(C(=O)O)CC(=O)c2ccccc2N(Cc2ccccc2)C(=O)[C@H]1CC12CC3CC(CC(C3)C1)C2. The van der Waals surface area contributed by atoms with Crippen LogP contribution in [0.3, 0.4) is 0 Å². The predicted octanol–water partition coefficient (Wildman–Crippen LogP) is 5.08. The maximum absolute atomic E-state index is 14.8. The van der Waals surface area contributed by atoms with Crippen LogP contribution < -0.4 is 4.90 Å². The normalized spacial score (nSPS) is 31.9. The molecule has 2 aromatic rings. The van der Waals surface area contributed by atoms with Crippen molar-refractivity contribution in [3.8, 4) is 0 Å². The minimum atomic E-state index is -1.40. The summed E-state index contributed by atoms with van der Waals surface area (Å²) < 4.78 is 0. The van der Waals surface area contributed by atoms with Gasteiger partial charge in [0.2, 0.25) is 11.8 Å². The van der Waals surface area contributed by atoms with E-state index in [1.165, 1.54) is 31.1 Å². The molecule has 1 unspecified atom stereocenters. The van der Waals surface area contributed by atoms with Crippen molar-refractivity contribution in [2.75, 3.05) is 4.90 Å². The average Bonchev–Trinajstić information content (AvgIpc) is 2.92. The molecule has 7 nitrogen and oxygen atoms in total. The van der Waals surface area contributed by atoms with Crippen molar-refractivity contribution in [1.82, 2.24) is 4.90 Å². The van der Waals surface area contributed by atoms with E-state index in [0.717, 1.165) is 24.8 Å². The number of fused-ring (bicyclic) bond motifs is 1. The number of carboxylic acid groups (broad SMARTS) is 1. The molecule has 2 aromatic carbocycles. The Labute approximate surface area is 229 Å². The minimum Gasteiger partial charge on any atom is -0.480 e. The number of hydrogen-bond acceptors (Lipinski definition) is 4. The molecule has 0 spiro atoms. The van der Waals surface area contributed by atoms with Crippen molar-refractivity contribution in [3.05, 3.63) is 65.7 Å². The van der Waals surface area contributed by atoms with Crippen LogP contribution in [0.15, 0.2) is 54.6 Å². The Balaban J connectivity index is 1.48. The maximum Gasteiger partial charge on any atom is 0.326 e. The molecule has 4 saturated carbocycles. The third-order valence-corrected chi connectivity index (χ3v) is 9.72. The second kappa shape index (κ2) is 9.92. The molecular formula is C32H36N2O5. The van der Waals surface area contributed by atoms with Crippen molar-refractivity contribution in [2.24, 2.45) is 23.2 Å². The van der Waals surface area contributed by atoms with Gasteiger partial charge in [-0.3, -0.25) is 14.4 Å². The number of nitrogens with zero attached hydrogens (tertiary/aromatic N) is 2. The summed E-state index contributed by atoms with van der Waals surface area (Å²) in [4.78, 5) is 57.1. The van der Waals surface area contributed by atoms with Gasteiger partial charge in [-0.25, -0.2) is 4.79 Å². The molecule has 5 aliphatic rings. The summed E-state index contributed by atoms with van der Waals surface area (Å²) in [5.74, 6) is -0.493. The zero-order valence-electron chi connectivity index (χ0n) is 22.4. The highest BCUT2D eigenvalue weighted by Crippen LogP contribution is 2.62. The number of Topliss-reactive ketones (excluding diaryl/α,β-unsaturated/α-hetero) is 1. The Kier molecular flexibility index (Phi) is 6.56. The Morgan fingerprint density at radius 2 is 1.49 bits per heavy atom. The second-order valence-corrected chi connectivity index (χ2v) is 12.5. The zero-order valence-corrected chi connectivity index (χ0v) is 22.4. The number of hydrogen-bond donors (Lipinski definition) is 1. The number of rotatable bonds is 5. The first-order chi connectivity index (χ1) is 18.7. The van der Waals surface area contributed by atoms with Gasteiger partial charge in [0, 0.05) is 18.9 Å². The lowest BCUT2D eigenvalue weighted by Gasteiger charge is -2.58. The van der Waals surface area contributed by atoms with E-state index in [9.17, 15) is 24.3 Å². The number of para-hydroxylation sites is 1. The lowest BCUT2D eigenvalue weighted by atomic mass is 9.48. The third kappa shape index (κ3) is 4.77. The van der Waals surface area contributed by atoms with Gasteiger partial charge in [-0.15, -0.1) is 0 Å². The standard InChI is InChI=1S/C32H36N2O5/c1-20(35)34-27(31(38)39)14-29(36)25-9-5-6-10-26(25)33(19-21-7-3-2-4-8-21)30(37)28(34)18-32-15-22-11-23(16-32)13-24(12-22)17-32/h2-10,22-24,27-28H,11-19H2,1H3,(H,38,39)/t22?,23?,24?,27?,28-,32?/m1/s1. The van der Waals surface area contributed by atoms with E-state index >= 15 is 0 Å². The van der Waals surface area contributed by atoms with Crippen molar-refractivity contribution < 1.29 is 24.3 Å². The summed E-state index contributed by atoms with van der Waals surface area (Å²) in [6.07, 6.45) is 6.90. The van der Waals surface area contributed by atoms with Gasteiger partial charge < -0.3 is 14.9 Å². The van der Waals surface area contributed by atoms with Crippen LogP contribution in [-0.2, 0) is 20.9 Å². The number of benzene rings is 2. The molecule has 1 heterocycles. The lowest BCUT2D eigenvalue weighted by molar-refractivity contribution is -0.156. The molecule has 204 valence electrons. The molecule has 2 amide bonds. The van der Waals surface area contributed by atoms with Crippen LogP contribution in [0.1, 0.15) is 74.2 Å². The first-order valence-corrected chi connectivity index (χ1v) is 14.2. The smallest absolute Gasteiger partial charge is 0.326 e. The van der Waals surface area contributed by atoms with E-state index in [4.69, 9.17) is 0 Å². The van der Waals surface area contributed by atoms with Crippen LogP contribution in [0.5, 0.6) is 0 Å². The zero-order chi connectivity index (χ0) is 27.3. The lowest BCUT2D eigenvalue weighted by Crippen LogP contribution is -2.59. The largest absolute Gasteiger partial charge is 0.480 e. The predicted molar refractivity (Wildman–Crippen MR) is 146 cm³/mol. The fourth-order valence-corrected chi connectivity index (χ4v) is 8.67. The van der Waals surface area contributed by atoms with E-state index in [2.05, 4.69) is 0 Å².